The molecule has 0 aliphatic heterocycles. The van der Waals surface area contributed by atoms with Crippen molar-refractivity contribution in [3.05, 3.63) is 12.7 Å². The molecule has 1 N–H and O–H groups in total. The van der Waals surface area contributed by atoms with Gasteiger partial charge in [0.1, 0.15) is 0 Å². The van der Waals surface area contributed by atoms with Crippen molar-refractivity contribution < 1.29 is 9.50 Å². The van der Waals surface area contributed by atoms with Gasteiger partial charge >= 0.3 is 0 Å². The van der Waals surface area contributed by atoms with Crippen molar-refractivity contribution in [2.75, 3.05) is 0 Å². The highest BCUT2D eigenvalue weighted by atomic mass is 19.2. The Labute approximate surface area is 42.5 Å². The van der Waals surface area contributed by atoms with Crippen molar-refractivity contribution in [2.45, 2.75) is 19.2 Å². The zero-order valence-electron chi connectivity index (χ0n) is 4.32. The Kier molecular flexibility index (Phi) is 1.96. The maximum atomic E-state index is 11.9. The monoisotopic (exact) mass is 104 g/mol. The molecule has 0 amide bonds. The van der Waals surface area contributed by atoms with E-state index in [4.69, 9.17) is 5.11 Å². The second-order valence-electron chi connectivity index (χ2n) is 1.64. The van der Waals surface area contributed by atoms with Crippen LogP contribution in [-0.2, 0) is 0 Å². The molecular formula is C5H9FO. The van der Waals surface area contributed by atoms with Crippen LogP contribution in [0.25, 0.3) is 0 Å². The van der Waals surface area contributed by atoms with E-state index in [-0.39, 0.29) is 6.42 Å². The van der Waals surface area contributed by atoms with E-state index in [0.29, 0.717) is 0 Å². The molecule has 0 aromatic rings. The molecular weight excluding hydrogens is 95.1 g/mol. The molecule has 1 atom stereocenters. The van der Waals surface area contributed by atoms with E-state index in [9.17, 15) is 4.39 Å². The highest BCUT2D eigenvalue weighted by molar-refractivity contribution is 4.73. The number of halogens is 1. The van der Waals surface area contributed by atoms with E-state index >= 15 is 0 Å². The normalized spacial score (nSPS) is 18.1. The smallest absolute Gasteiger partial charge is 0.207 e. The summed E-state index contributed by atoms with van der Waals surface area (Å²) in [5.74, 6) is -2.07. The topological polar surface area (TPSA) is 20.2 Å². The molecule has 0 radical (unpaired) electrons. The summed E-state index contributed by atoms with van der Waals surface area (Å²) in [6.45, 7) is 4.34. The van der Waals surface area contributed by atoms with Crippen LogP contribution >= 0.6 is 0 Å². The number of rotatable bonds is 2. The Bertz CT molecular complexity index is 63.0. The Balaban J connectivity index is 3.34. The average Bonchev–Trinajstić information content (AvgIpc) is 1.30. The largest absolute Gasteiger partial charge is 0.362 e. The maximum absolute atomic E-state index is 11.9. The molecule has 0 heterocycles. The highest BCUT2D eigenvalue weighted by Gasteiger charge is 2.13. The van der Waals surface area contributed by atoms with E-state index in [1.165, 1.54) is 6.08 Å². The summed E-state index contributed by atoms with van der Waals surface area (Å²) >= 11 is 0. The van der Waals surface area contributed by atoms with Gasteiger partial charge < -0.3 is 5.11 Å². The van der Waals surface area contributed by atoms with Gasteiger partial charge in [-0.3, -0.25) is 0 Å². The fourth-order valence-corrected chi connectivity index (χ4v) is 0.263. The molecule has 0 aromatic carbocycles. The van der Waals surface area contributed by atoms with Crippen LogP contribution < -0.4 is 0 Å². The van der Waals surface area contributed by atoms with Crippen molar-refractivity contribution >= 4 is 0 Å². The first-order valence-electron chi connectivity index (χ1n) is 2.08. The Morgan fingerprint density at radius 1 is 2.00 bits per heavy atom. The van der Waals surface area contributed by atoms with E-state index in [1.54, 1.807) is 0 Å². The van der Waals surface area contributed by atoms with E-state index in [0.717, 1.165) is 6.92 Å². The molecule has 0 spiro atoms. The molecule has 1 nitrogen and oxygen atoms in total. The van der Waals surface area contributed by atoms with Gasteiger partial charge in [-0.15, -0.1) is 6.58 Å². The molecule has 0 saturated carbocycles. The average molecular weight is 104 g/mol. The molecule has 0 aliphatic rings. The van der Waals surface area contributed by atoms with Crippen LogP contribution in [0.5, 0.6) is 0 Å². The summed E-state index contributed by atoms with van der Waals surface area (Å²) in [6, 6.07) is 0. The first kappa shape index (κ1) is 6.63. The van der Waals surface area contributed by atoms with Gasteiger partial charge in [-0.2, -0.15) is 0 Å². The highest BCUT2D eigenvalue weighted by Crippen LogP contribution is 2.08. The summed E-state index contributed by atoms with van der Waals surface area (Å²) in [4.78, 5) is 0. The quantitative estimate of drug-likeness (QED) is 0.522. The zero-order valence-corrected chi connectivity index (χ0v) is 4.32. The van der Waals surface area contributed by atoms with Crippen molar-refractivity contribution in [3.63, 3.8) is 0 Å². The summed E-state index contributed by atoms with van der Waals surface area (Å²) in [6.07, 6.45) is 1.33. The lowest BCUT2D eigenvalue weighted by Gasteiger charge is -2.06. The fraction of sp³-hybridized carbons (Fsp3) is 0.600. The third kappa shape index (κ3) is 5.63. The van der Waals surface area contributed by atoms with Crippen molar-refractivity contribution in [1.29, 1.82) is 0 Å². The van der Waals surface area contributed by atoms with Gasteiger partial charge in [-0.1, -0.05) is 6.08 Å². The zero-order chi connectivity index (χ0) is 5.91. The van der Waals surface area contributed by atoms with Crippen LogP contribution in [0.4, 0.5) is 4.39 Å². The van der Waals surface area contributed by atoms with Gasteiger partial charge in [0.25, 0.3) is 0 Å². The molecule has 42 valence electrons. The Morgan fingerprint density at radius 3 is 2.43 bits per heavy atom. The van der Waals surface area contributed by atoms with Gasteiger partial charge in [-0.05, 0) is 6.92 Å². The van der Waals surface area contributed by atoms with Crippen molar-refractivity contribution in [3.8, 4) is 0 Å². The summed E-state index contributed by atoms with van der Waals surface area (Å²) in [5.41, 5.74) is 0. The molecule has 0 saturated heterocycles. The Hall–Kier alpha value is -0.370. The number of aliphatic hydroxyl groups is 1. The molecule has 0 bridgehead atoms. The standard InChI is InChI=1S/C5H9FO/c1-3-4-5(2,6)7/h3,7H,1,4H2,2H3. The fourth-order valence-electron chi connectivity index (χ4n) is 0.263. The predicted octanol–water partition coefficient (Wildman–Crippen LogP) is 1.24. The molecule has 0 rings (SSSR count). The summed E-state index contributed by atoms with van der Waals surface area (Å²) in [7, 11) is 0. The van der Waals surface area contributed by atoms with Gasteiger partial charge in [-0.25, -0.2) is 4.39 Å². The molecule has 1 unspecified atom stereocenters. The SMILES string of the molecule is C=CCC(C)(O)F. The van der Waals surface area contributed by atoms with Gasteiger partial charge in [0.15, 0.2) is 0 Å². The predicted molar refractivity (Wildman–Crippen MR) is 26.5 cm³/mol. The van der Waals surface area contributed by atoms with Crippen molar-refractivity contribution in [1.82, 2.24) is 0 Å². The lowest BCUT2D eigenvalue weighted by atomic mass is 10.2. The molecule has 0 aliphatic carbocycles. The Morgan fingerprint density at radius 2 is 2.43 bits per heavy atom. The number of hydrogen-bond acceptors (Lipinski definition) is 1. The summed E-state index contributed by atoms with van der Waals surface area (Å²) < 4.78 is 11.9. The van der Waals surface area contributed by atoms with E-state index in [1.807, 2.05) is 0 Å². The second kappa shape index (κ2) is 2.07. The third-order valence-corrected chi connectivity index (χ3v) is 0.517. The lowest BCUT2D eigenvalue weighted by molar-refractivity contribution is -0.0665. The number of alkyl halides is 1. The summed E-state index contributed by atoms with van der Waals surface area (Å²) in [5, 5.41) is 8.28. The van der Waals surface area contributed by atoms with Gasteiger partial charge in [0, 0.05) is 6.42 Å². The van der Waals surface area contributed by atoms with Crippen LogP contribution in [-0.4, -0.2) is 11.0 Å². The van der Waals surface area contributed by atoms with Crippen LogP contribution in [0.3, 0.4) is 0 Å². The molecule has 7 heavy (non-hydrogen) atoms. The van der Waals surface area contributed by atoms with Crippen molar-refractivity contribution in [2.24, 2.45) is 0 Å². The van der Waals surface area contributed by atoms with Crippen LogP contribution in [0, 0.1) is 0 Å². The maximum Gasteiger partial charge on any atom is 0.207 e. The minimum atomic E-state index is -2.07. The molecule has 0 aromatic heterocycles. The van der Waals surface area contributed by atoms with E-state index < -0.39 is 5.85 Å². The van der Waals surface area contributed by atoms with Crippen LogP contribution in [0.2, 0.25) is 0 Å². The van der Waals surface area contributed by atoms with Crippen LogP contribution in [0.1, 0.15) is 13.3 Å². The minimum Gasteiger partial charge on any atom is -0.362 e. The first-order chi connectivity index (χ1) is 3.06. The number of hydrogen-bond donors (Lipinski definition) is 1. The van der Waals surface area contributed by atoms with E-state index in [2.05, 4.69) is 6.58 Å². The second-order valence-corrected chi connectivity index (χ2v) is 1.64. The molecule has 2 heteroatoms. The van der Waals surface area contributed by atoms with Gasteiger partial charge in [0.05, 0.1) is 0 Å². The minimum absolute atomic E-state index is 0.00694. The van der Waals surface area contributed by atoms with Gasteiger partial charge in [0.2, 0.25) is 5.85 Å². The first-order valence-corrected chi connectivity index (χ1v) is 2.08. The van der Waals surface area contributed by atoms with Crippen LogP contribution in [0.15, 0.2) is 12.7 Å². The third-order valence-electron chi connectivity index (χ3n) is 0.517. The lowest BCUT2D eigenvalue weighted by Crippen LogP contribution is -2.13. The molecule has 0 fully saturated rings.